The van der Waals surface area contributed by atoms with Crippen molar-refractivity contribution in [1.82, 2.24) is 4.98 Å². The van der Waals surface area contributed by atoms with Crippen molar-refractivity contribution in [1.29, 1.82) is 0 Å². The highest BCUT2D eigenvalue weighted by Gasteiger charge is 2.28. The lowest BCUT2D eigenvalue weighted by Crippen LogP contribution is -2.26. The summed E-state index contributed by atoms with van der Waals surface area (Å²) in [5.74, 6) is -0.173. The molecule has 1 atom stereocenters. The van der Waals surface area contributed by atoms with E-state index in [-0.39, 0.29) is 17.5 Å². The number of hydrogen-bond donors (Lipinski definition) is 1. The third-order valence-corrected chi connectivity index (χ3v) is 4.22. The summed E-state index contributed by atoms with van der Waals surface area (Å²) in [5.41, 5.74) is 0.653. The standard InChI is InChI=1S/C20H21F3N2O4/c21-20(22,23)13-29-18-9-8-14(11-24-18)19(26)25-16-6-1-2-7-17(16)28-12-15-5-3-4-10-27-15/h1-2,6-9,11,15H,3-5,10,12-13H2,(H,25,26). The van der Waals surface area contributed by atoms with Crippen LogP contribution < -0.4 is 14.8 Å². The van der Waals surface area contributed by atoms with Gasteiger partial charge in [0.1, 0.15) is 12.4 Å². The SMILES string of the molecule is O=C(Nc1ccccc1OCC1CCCCO1)c1ccc(OCC(F)(F)F)nc1. The van der Waals surface area contributed by atoms with Crippen molar-refractivity contribution >= 4 is 11.6 Å². The van der Waals surface area contributed by atoms with Crippen LogP contribution in [0.25, 0.3) is 0 Å². The number of halogens is 3. The van der Waals surface area contributed by atoms with E-state index in [1.54, 1.807) is 24.3 Å². The van der Waals surface area contributed by atoms with E-state index in [1.807, 2.05) is 0 Å². The van der Waals surface area contributed by atoms with Crippen molar-refractivity contribution in [2.45, 2.75) is 31.5 Å². The zero-order valence-corrected chi connectivity index (χ0v) is 15.6. The molecule has 0 radical (unpaired) electrons. The predicted molar refractivity (Wildman–Crippen MR) is 99.3 cm³/mol. The first kappa shape index (κ1) is 20.9. The van der Waals surface area contributed by atoms with Crippen molar-refractivity contribution in [3.63, 3.8) is 0 Å². The number of carbonyl (C=O) groups excluding carboxylic acids is 1. The van der Waals surface area contributed by atoms with Gasteiger partial charge in [0.15, 0.2) is 6.61 Å². The molecule has 0 saturated carbocycles. The molecular weight excluding hydrogens is 389 g/mol. The average molecular weight is 410 g/mol. The van der Waals surface area contributed by atoms with E-state index >= 15 is 0 Å². The van der Waals surface area contributed by atoms with Gasteiger partial charge < -0.3 is 19.5 Å². The van der Waals surface area contributed by atoms with Crippen LogP contribution in [0.1, 0.15) is 29.6 Å². The highest BCUT2D eigenvalue weighted by Crippen LogP contribution is 2.26. The minimum absolute atomic E-state index is 0.0287. The molecule has 0 spiro atoms. The first-order valence-electron chi connectivity index (χ1n) is 9.21. The fourth-order valence-corrected chi connectivity index (χ4v) is 2.77. The molecule has 2 heterocycles. The Morgan fingerprint density at radius 1 is 1.17 bits per heavy atom. The van der Waals surface area contributed by atoms with E-state index in [2.05, 4.69) is 15.0 Å². The van der Waals surface area contributed by atoms with Gasteiger partial charge in [0.25, 0.3) is 5.91 Å². The molecule has 0 bridgehead atoms. The monoisotopic (exact) mass is 410 g/mol. The fraction of sp³-hybridized carbons (Fsp3) is 0.400. The van der Waals surface area contributed by atoms with Gasteiger partial charge in [0.05, 0.1) is 17.4 Å². The summed E-state index contributed by atoms with van der Waals surface area (Å²) in [5, 5.41) is 2.72. The Labute approximate surface area is 166 Å². The van der Waals surface area contributed by atoms with E-state index < -0.39 is 18.7 Å². The van der Waals surface area contributed by atoms with Gasteiger partial charge in [-0.1, -0.05) is 12.1 Å². The van der Waals surface area contributed by atoms with Crippen molar-refractivity contribution in [2.75, 3.05) is 25.1 Å². The van der Waals surface area contributed by atoms with Crippen LogP contribution in [-0.2, 0) is 4.74 Å². The Morgan fingerprint density at radius 2 is 2.00 bits per heavy atom. The predicted octanol–water partition coefficient (Wildman–Crippen LogP) is 4.22. The largest absolute Gasteiger partial charge is 0.489 e. The maximum atomic E-state index is 12.4. The van der Waals surface area contributed by atoms with Gasteiger partial charge >= 0.3 is 6.18 Å². The fourth-order valence-electron chi connectivity index (χ4n) is 2.77. The normalized spacial score (nSPS) is 16.9. The summed E-state index contributed by atoms with van der Waals surface area (Å²) >= 11 is 0. The molecule has 29 heavy (non-hydrogen) atoms. The van der Waals surface area contributed by atoms with Crippen LogP contribution in [0.4, 0.5) is 18.9 Å². The molecular formula is C20H21F3N2O4. The van der Waals surface area contributed by atoms with Gasteiger partial charge in [-0.3, -0.25) is 4.79 Å². The Hall–Kier alpha value is -2.81. The van der Waals surface area contributed by atoms with Gasteiger partial charge in [0, 0.05) is 18.9 Å². The molecule has 1 saturated heterocycles. The molecule has 1 aliphatic heterocycles. The van der Waals surface area contributed by atoms with Crippen LogP contribution in [0, 0.1) is 0 Å². The van der Waals surface area contributed by atoms with Gasteiger partial charge in [0.2, 0.25) is 5.88 Å². The van der Waals surface area contributed by atoms with Crippen molar-refractivity contribution in [2.24, 2.45) is 0 Å². The van der Waals surface area contributed by atoms with Gasteiger partial charge in [-0.2, -0.15) is 13.2 Å². The zero-order chi connectivity index (χ0) is 20.7. The van der Waals surface area contributed by atoms with Crippen LogP contribution in [-0.4, -0.2) is 43.0 Å². The Bertz CT molecular complexity index is 806. The summed E-state index contributed by atoms with van der Waals surface area (Å²) in [6.45, 7) is -0.331. The maximum absolute atomic E-state index is 12.4. The molecule has 1 unspecified atom stereocenters. The summed E-state index contributed by atoms with van der Waals surface area (Å²) in [7, 11) is 0. The van der Waals surface area contributed by atoms with E-state index in [1.165, 1.54) is 12.1 Å². The molecule has 1 aliphatic rings. The minimum Gasteiger partial charge on any atom is -0.489 e. The summed E-state index contributed by atoms with van der Waals surface area (Å²) in [4.78, 5) is 16.2. The van der Waals surface area contributed by atoms with Gasteiger partial charge in [-0.25, -0.2) is 4.98 Å². The second kappa shape index (κ2) is 9.60. The van der Waals surface area contributed by atoms with Crippen LogP contribution in [0.2, 0.25) is 0 Å². The number of ether oxygens (including phenoxy) is 3. The number of benzene rings is 1. The minimum atomic E-state index is -4.45. The van der Waals surface area contributed by atoms with Gasteiger partial charge in [-0.05, 0) is 37.5 Å². The number of alkyl halides is 3. The Kier molecular flexibility index (Phi) is 6.92. The molecule has 1 fully saturated rings. The molecule has 1 amide bonds. The number of nitrogens with zero attached hydrogens (tertiary/aromatic N) is 1. The molecule has 1 aromatic carbocycles. The van der Waals surface area contributed by atoms with Crippen LogP contribution in [0.5, 0.6) is 11.6 Å². The van der Waals surface area contributed by atoms with Crippen molar-refractivity contribution < 1.29 is 32.2 Å². The number of hydrogen-bond acceptors (Lipinski definition) is 5. The van der Waals surface area contributed by atoms with Crippen LogP contribution in [0.15, 0.2) is 42.6 Å². The number of para-hydroxylation sites is 2. The summed E-state index contributed by atoms with van der Waals surface area (Å²) in [6, 6.07) is 9.54. The van der Waals surface area contributed by atoms with Crippen LogP contribution in [0.3, 0.4) is 0 Å². The zero-order valence-electron chi connectivity index (χ0n) is 15.6. The summed E-state index contributed by atoms with van der Waals surface area (Å²) < 4.78 is 52.5. The first-order chi connectivity index (χ1) is 13.9. The molecule has 2 aromatic rings. The van der Waals surface area contributed by atoms with E-state index in [0.29, 0.717) is 18.0 Å². The third-order valence-electron chi connectivity index (χ3n) is 4.22. The van der Waals surface area contributed by atoms with Crippen molar-refractivity contribution in [3.05, 3.63) is 48.2 Å². The average Bonchev–Trinajstić information content (AvgIpc) is 2.72. The highest BCUT2D eigenvalue weighted by atomic mass is 19.4. The van der Waals surface area contributed by atoms with Crippen LogP contribution >= 0.6 is 0 Å². The number of anilines is 1. The number of carbonyl (C=O) groups is 1. The lowest BCUT2D eigenvalue weighted by Gasteiger charge is -2.23. The van der Waals surface area contributed by atoms with E-state index in [9.17, 15) is 18.0 Å². The number of aromatic nitrogens is 1. The maximum Gasteiger partial charge on any atom is 0.422 e. The molecule has 3 rings (SSSR count). The second-order valence-electron chi connectivity index (χ2n) is 6.54. The second-order valence-corrected chi connectivity index (χ2v) is 6.54. The third kappa shape index (κ3) is 6.63. The Balaban J connectivity index is 1.58. The molecule has 1 aromatic heterocycles. The van der Waals surface area contributed by atoms with Crippen molar-refractivity contribution in [3.8, 4) is 11.6 Å². The van der Waals surface area contributed by atoms with E-state index in [4.69, 9.17) is 9.47 Å². The Morgan fingerprint density at radius 3 is 2.69 bits per heavy atom. The summed E-state index contributed by atoms with van der Waals surface area (Å²) in [6.07, 6.45) is -0.187. The number of amides is 1. The molecule has 0 aliphatic carbocycles. The molecule has 6 nitrogen and oxygen atoms in total. The molecule has 9 heteroatoms. The lowest BCUT2D eigenvalue weighted by atomic mass is 10.1. The van der Waals surface area contributed by atoms with E-state index in [0.717, 1.165) is 32.1 Å². The first-order valence-corrected chi connectivity index (χ1v) is 9.21. The quantitative estimate of drug-likeness (QED) is 0.740. The number of rotatable bonds is 7. The lowest BCUT2D eigenvalue weighted by molar-refractivity contribution is -0.154. The molecule has 1 N–H and O–H groups in total. The number of nitrogens with one attached hydrogen (secondary N) is 1. The smallest absolute Gasteiger partial charge is 0.422 e. The van der Waals surface area contributed by atoms with Gasteiger partial charge in [-0.15, -0.1) is 0 Å². The molecule has 156 valence electrons. The topological polar surface area (TPSA) is 69.7 Å². The highest BCUT2D eigenvalue weighted by molar-refractivity contribution is 6.04. The number of pyridine rings is 1.